The van der Waals surface area contributed by atoms with Gasteiger partial charge in [0.15, 0.2) is 5.17 Å². The lowest BCUT2D eigenvalue weighted by Gasteiger charge is -2.26. The van der Waals surface area contributed by atoms with Crippen LogP contribution in [-0.2, 0) is 20.9 Å². The quantitative estimate of drug-likeness (QED) is 0.539. The smallest absolute Gasteiger partial charge is 0.259 e. The summed E-state index contributed by atoms with van der Waals surface area (Å²) >= 11 is 1.22. The lowest BCUT2D eigenvalue weighted by Crippen LogP contribution is -2.43. The molecule has 1 saturated carbocycles. The largest absolute Gasteiger partial charge is 0.497 e. The fraction of sp³-hybridized carbons (Fsp3) is 0.393. The van der Waals surface area contributed by atoms with Crippen molar-refractivity contribution in [3.8, 4) is 5.75 Å². The summed E-state index contributed by atoms with van der Waals surface area (Å²) in [6.45, 7) is 0.339. The minimum Gasteiger partial charge on any atom is -0.497 e. The maximum Gasteiger partial charge on any atom is 0.259 e. The number of benzene rings is 2. The molecule has 0 spiro atoms. The SMILES string of the molecule is COc1ccc(CNC(=O)C[C@@H]2N=C3c4ccccc4N=C(SCC(=O)NC4CCCCC4)N3C2=O)cc1. The molecule has 5 rings (SSSR count). The molecular formula is C28H31N5O4S. The number of ether oxygens (including phenoxy) is 1. The van der Waals surface area contributed by atoms with E-state index in [4.69, 9.17) is 4.74 Å². The number of rotatable bonds is 8. The second-order valence-electron chi connectivity index (χ2n) is 9.57. The van der Waals surface area contributed by atoms with Gasteiger partial charge in [-0.15, -0.1) is 0 Å². The van der Waals surface area contributed by atoms with Gasteiger partial charge in [0.05, 0.1) is 25.0 Å². The number of carbonyl (C=O) groups is 3. The highest BCUT2D eigenvalue weighted by molar-refractivity contribution is 8.14. The van der Waals surface area contributed by atoms with E-state index >= 15 is 0 Å². The molecule has 0 aromatic heterocycles. The zero-order chi connectivity index (χ0) is 26.5. The van der Waals surface area contributed by atoms with Crippen LogP contribution < -0.4 is 15.4 Å². The molecule has 198 valence electrons. The molecule has 0 unspecified atom stereocenters. The van der Waals surface area contributed by atoms with E-state index in [0.29, 0.717) is 23.2 Å². The van der Waals surface area contributed by atoms with Crippen LogP contribution in [0.15, 0.2) is 58.5 Å². The Morgan fingerprint density at radius 3 is 2.58 bits per heavy atom. The molecule has 2 heterocycles. The zero-order valence-electron chi connectivity index (χ0n) is 21.3. The molecule has 3 amide bonds. The number of thioether (sulfide) groups is 1. The molecule has 38 heavy (non-hydrogen) atoms. The number of methoxy groups -OCH3 is 1. The van der Waals surface area contributed by atoms with Crippen molar-refractivity contribution in [2.24, 2.45) is 9.98 Å². The minimum atomic E-state index is -0.853. The van der Waals surface area contributed by atoms with Gasteiger partial charge in [0.2, 0.25) is 11.8 Å². The summed E-state index contributed by atoms with van der Waals surface area (Å²) in [7, 11) is 1.60. The van der Waals surface area contributed by atoms with Crippen LogP contribution in [0.1, 0.15) is 49.7 Å². The zero-order valence-corrected chi connectivity index (χ0v) is 22.1. The number of nitrogens with one attached hydrogen (secondary N) is 2. The maximum absolute atomic E-state index is 13.4. The average molecular weight is 534 g/mol. The molecule has 1 fully saturated rings. The van der Waals surface area contributed by atoms with Gasteiger partial charge in [0.1, 0.15) is 17.6 Å². The third-order valence-electron chi connectivity index (χ3n) is 6.88. The summed E-state index contributed by atoms with van der Waals surface area (Å²) in [5.74, 6) is 0.724. The molecule has 0 bridgehead atoms. The Bertz CT molecular complexity index is 1270. The van der Waals surface area contributed by atoms with Crippen molar-refractivity contribution in [3.05, 3.63) is 59.7 Å². The van der Waals surface area contributed by atoms with Crippen molar-refractivity contribution in [3.63, 3.8) is 0 Å². The summed E-state index contributed by atoms with van der Waals surface area (Å²) < 4.78 is 5.16. The van der Waals surface area contributed by atoms with E-state index in [0.717, 1.165) is 42.6 Å². The normalized spacial score (nSPS) is 18.7. The van der Waals surface area contributed by atoms with Crippen LogP contribution in [0.2, 0.25) is 0 Å². The van der Waals surface area contributed by atoms with E-state index in [-0.39, 0.29) is 35.9 Å². The van der Waals surface area contributed by atoms with Gasteiger partial charge in [-0.3, -0.25) is 19.4 Å². The summed E-state index contributed by atoms with van der Waals surface area (Å²) in [5, 5.41) is 6.38. The summed E-state index contributed by atoms with van der Waals surface area (Å²) in [6, 6.07) is 14.2. The van der Waals surface area contributed by atoms with Crippen LogP contribution >= 0.6 is 11.8 Å². The second kappa shape index (κ2) is 11.8. The maximum atomic E-state index is 13.4. The van der Waals surface area contributed by atoms with E-state index in [9.17, 15) is 14.4 Å². The average Bonchev–Trinajstić information content (AvgIpc) is 3.27. The number of para-hydroxylation sites is 1. The van der Waals surface area contributed by atoms with Gasteiger partial charge < -0.3 is 15.4 Å². The third-order valence-corrected chi connectivity index (χ3v) is 7.82. The standard InChI is InChI=1S/C28H31N5O4S/c1-37-20-13-11-18(12-14-20)16-29-24(34)15-23-27(36)33-26(31-23)21-9-5-6-10-22(21)32-28(33)38-17-25(35)30-19-7-3-2-4-8-19/h5-6,9-14,19,23H,2-4,7-8,15-17H2,1H3,(H,29,34)(H,30,35)/t23-/m0/s1. The highest BCUT2D eigenvalue weighted by Crippen LogP contribution is 2.34. The summed E-state index contributed by atoms with van der Waals surface area (Å²) in [6.07, 6.45) is 5.44. The van der Waals surface area contributed by atoms with Crippen LogP contribution in [-0.4, -0.2) is 58.6 Å². The Morgan fingerprint density at radius 2 is 1.82 bits per heavy atom. The van der Waals surface area contributed by atoms with E-state index in [1.165, 1.54) is 23.1 Å². The topological polar surface area (TPSA) is 112 Å². The van der Waals surface area contributed by atoms with Crippen LogP contribution in [0.5, 0.6) is 5.75 Å². The molecule has 9 nitrogen and oxygen atoms in total. The molecule has 1 atom stereocenters. The van der Waals surface area contributed by atoms with Crippen molar-refractivity contribution in [1.29, 1.82) is 0 Å². The first-order valence-corrected chi connectivity index (χ1v) is 13.9. The first-order chi connectivity index (χ1) is 18.5. The van der Waals surface area contributed by atoms with E-state index < -0.39 is 6.04 Å². The number of aliphatic imine (C=N–C) groups is 2. The molecule has 2 aromatic rings. The number of amidine groups is 2. The monoisotopic (exact) mass is 533 g/mol. The highest BCUT2D eigenvalue weighted by atomic mass is 32.2. The highest BCUT2D eigenvalue weighted by Gasteiger charge is 2.42. The van der Waals surface area contributed by atoms with Crippen LogP contribution in [0.3, 0.4) is 0 Å². The lowest BCUT2D eigenvalue weighted by atomic mass is 9.95. The van der Waals surface area contributed by atoms with Gasteiger partial charge >= 0.3 is 0 Å². The molecule has 3 aliphatic rings. The summed E-state index contributed by atoms with van der Waals surface area (Å²) in [4.78, 5) is 49.5. The Labute approximate surface area is 226 Å². The van der Waals surface area contributed by atoms with E-state index in [1.54, 1.807) is 7.11 Å². The predicted octanol–water partition coefficient (Wildman–Crippen LogP) is 3.54. The van der Waals surface area contributed by atoms with Crippen LogP contribution in [0.4, 0.5) is 5.69 Å². The first-order valence-electron chi connectivity index (χ1n) is 12.9. The fourth-order valence-corrected chi connectivity index (χ4v) is 5.68. The van der Waals surface area contributed by atoms with Crippen molar-refractivity contribution in [1.82, 2.24) is 15.5 Å². The van der Waals surface area contributed by atoms with Gasteiger partial charge in [-0.25, -0.2) is 9.89 Å². The number of fused-ring (bicyclic) bond motifs is 3. The predicted molar refractivity (Wildman–Crippen MR) is 148 cm³/mol. The number of nitrogens with zero attached hydrogens (tertiary/aromatic N) is 3. The van der Waals surface area contributed by atoms with Crippen LogP contribution in [0, 0.1) is 0 Å². The molecule has 2 aromatic carbocycles. The van der Waals surface area contributed by atoms with Crippen molar-refractivity contribution in [2.75, 3.05) is 12.9 Å². The minimum absolute atomic E-state index is 0.0666. The lowest BCUT2D eigenvalue weighted by molar-refractivity contribution is -0.128. The molecule has 2 aliphatic heterocycles. The van der Waals surface area contributed by atoms with E-state index in [2.05, 4.69) is 20.6 Å². The Hall–Kier alpha value is -3.66. The Morgan fingerprint density at radius 1 is 1.05 bits per heavy atom. The Balaban J connectivity index is 1.24. The number of carbonyl (C=O) groups excluding carboxylic acids is 3. The van der Waals surface area contributed by atoms with Crippen LogP contribution in [0.25, 0.3) is 0 Å². The van der Waals surface area contributed by atoms with Gasteiger partial charge in [-0.05, 0) is 42.7 Å². The van der Waals surface area contributed by atoms with Crippen molar-refractivity contribution in [2.45, 2.75) is 57.2 Å². The van der Waals surface area contributed by atoms with Crippen molar-refractivity contribution < 1.29 is 19.1 Å². The van der Waals surface area contributed by atoms with Gasteiger partial charge in [0, 0.05) is 18.2 Å². The third kappa shape index (κ3) is 5.91. The molecule has 2 N–H and O–H groups in total. The van der Waals surface area contributed by atoms with E-state index in [1.807, 2.05) is 48.5 Å². The fourth-order valence-electron chi connectivity index (χ4n) is 4.87. The molecule has 10 heteroatoms. The first kappa shape index (κ1) is 26.0. The Kier molecular flexibility index (Phi) is 8.07. The van der Waals surface area contributed by atoms with Crippen molar-refractivity contribution >= 4 is 46.2 Å². The molecule has 1 aliphatic carbocycles. The number of amides is 3. The molecule has 0 saturated heterocycles. The molecule has 0 radical (unpaired) electrons. The summed E-state index contributed by atoms with van der Waals surface area (Å²) in [5.41, 5.74) is 2.35. The molecular weight excluding hydrogens is 502 g/mol. The number of hydrogen-bond donors (Lipinski definition) is 2. The van der Waals surface area contributed by atoms with Gasteiger partial charge in [-0.2, -0.15) is 0 Å². The van der Waals surface area contributed by atoms with Gasteiger partial charge in [-0.1, -0.05) is 55.3 Å². The number of hydrogen-bond acceptors (Lipinski definition) is 7. The second-order valence-corrected chi connectivity index (χ2v) is 10.5. The van der Waals surface area contributed by atoms with Gasteiger partial charge in [0.25, 0.3) is 5.91 Å².